The normalized spacial score (nSPS) is 11.0. The lowest BCUT2D eigenvalue weighted by atomic mass is 10.1. The van der Waals surface area contributed by atoms with E-state index in [9.17, 15) is 4.79 Å². The molecule has 2 aromatic rings. The Labute approximate surface area is 129 Å². The first-order valence-electron chi connectivity index (χ1n) is 6.88. The molecule has 0 spiro atoms. The molecule has 0 radical (unpaired) electrons. The molecule has 0 saturated heterocycles. The summed E-state index contributed by atoms with van der Waals surface area (Å²) in [6.45, 7) is 5.40. The van der Waals surface area contributed by atoms with E-state index in [0.29, 0.717) is 30.2 Å². The summed E-state index contributed by atoms with van der Waals surface area (Å²) in [6, 6.07) is 8.86. The Morgan fingerprint density at radius 1 is 1.29 bits per heavy atom. The molecule has 2 rings (SSSR count). The van der Waals surface area contributed by atoms with Crippen LogP contribution in [0.5, 0.6) is 0 Å². The van der Waals surface area contributed by atoms with Crippen LogP contribution in [0.25, 0.3) is 10.9 Å². The first-order valence-corrected chi connectivity index (χ1v) is 7.26. The number of carbonyl (C=O) groups is 1. The standard InChI is InChI=1S/C16H18ClNO3/c1-11(2)10-20-7-8-21-16(19)13-9-15(17)18-14-6-4-3-5-12(13)14/h3-6,9,11H,7-8,10H2,1-2H3. The molecule has 4 nitrogen and oxygen atoms in total. The van der Waals surface area contributed by atoms with Crippen molar-refractivity contribution >= 4 is 28.5 Å². The van der Waals surface area contributed by atoms with E-state index in [2.05, 4.69) is 18.8 Å². The molecule has 1 aromatic carbocycles. The van der Waals surface area contributed by atoms with Gasteiger partial charge in [0.2, 0.25) is 0 Å². The van der Waals surface area contributed by atoms with Crippen LogP contribution in [0.15, 0.2) is 30.3 Å². The maximum Gasteiger partial charge on any atom is 0.339 e. The zero-order chi connectivity index (χ0) is 15.2. The van der Waals surface area contributed by atoms with Crippen LogP contribution >= 0.6 is 11.6 Å². The molecule has 0 amide bonds. The van der Waals surface area contributed by atoms with Crippen molar-refractivity contribution in [2.75, 3.05) is 19.8 Å². The van der Waals surface area contributed by atoms with E-state index < -0.39 is 5.97 Å². The number of benzene rings is 1. The lowest BCUT2D eigenvalue weighted by Gasteiger charge is -2.09. The summed E-state index contributed by atoms with van der Waals surface area (Å²) >= 11 is 5.94. The molecule has 112 valence electrons. The molecule has 0 aliphatic carbocycles. The van der Waals surface area contributed by atoms with E-state index in [-0.39, 0.29) is 11.8 Å². The Morgan fingerprint density at radius 2 is 2.05 bits per heavy atom. The van der Waals surface area contributed by atoms with E-state index in [0.717, 1.165) is 5.39 Å². The predicted molar refractivity (Wildman–Crippen MR) is 82.7 cm³/mol. The van der Waals surface area contributed by atoms with Crippen LogP contribution in [0, 0.1) is 5.92 Å². The zero-order valence-electron chi connectivity index (χ0n) is 12.1. The van der Waals surface area contributed by atoms with Gasteiger partial charge in [0.05, 0.1) is 17.7 Å². The minimum Gasteiger partial charge on any atom is -0.460 e. The summed E-state index contributed by atoms with van der Waals surface area (Å²) in [5, 5.41) is 1.01. The van der Waals surface area contributed by atoms with Crippen molar-refractivity contribution < 1.29 is 14.3 Å². The van der Waals surface area contributed by atoms with Gasteiger partial charge in [-0.3, -0.25) is 0 Å². The number of esters is 1. The third kappa shape index (κ3) is 4.41. The van der Waals surface area contributed by atoms with E-state index in [1.165, 1.54) is 6.07 Å². The minimum absolute atomic E-state index is 0.222. The SMILES string of the molecule is CC(C)COCCOC(=O)c1cc(Cl)nc2ccccc12. The van der Waals surface area contributed by atoms with Crippen LogP contribution in [0.3, 0.4) is 0 Å². The van der Waals surface area contributed by atoms with E-state index in [1.54, 1.807) is 0 Å². The third-order valence-electron chi connectivity index (χ3n) is 2.82. The van der Waals surface area contributed by atoms with Crippen LogP contribution < -0.4 is 0 Å². The number of halogens is 1. The van der Waals surface area contributed by atoms with E-state index in [4.69, 9.17) is 21.1 Å². The van der Waals surface area contributed by atoms with Crippen LogP contribution in [0.2, 0.25) is 5.15 Å². The van der Waals surface area contributed by atoms with Crippen molar-refractivity contribution in [1.82, 2.24) is 4.98 Å². The summed E-state index contributed by atoms with van der Waals surface area (Å²) in [7, 11) is 0. The second kappa shape index (κ2) is 7.38. The molecule has 1 aromatic heterocycles. The van der Waals surface area contributed by atoms with Gasteiger partial charge in [-0.2, -0.15) is 0 Å². The first-order chi connectivity index (χ1) is 10.1. The topological polar surface area (TPSA) is 48.4 Å². The second-order valence-electron chi connectivity index (χ2n) is 5.11. The molecule has 0 saturated carbocycles. The van der Waals surface area contributed by atoms with Crippen molar-refractivity contribution in [2.24, 2.45) is 5.92 Å². The molecule has 0 aliphatic rings. The summed E-state index contributed by atoms with van der Waals surface area (Å²) in [4.78, 5) is 16.3. The van der Waals surface area contributed by atoms with Gasteiger partial charge in [0.15, 0.2) is 0 Å². The van der Waals surface area contributed by atoms with Crippen LogP contribution in [0.4, 0.5) is 0 Å². The Hall–Kier alpha value is -1.65. The summed E-state index contributed by atoms with van der Waals surface area (Å²) < 4.78 is 10.6. The average molecular weight is 308 g/mol. The maximum atomic E-state index is 12.1. The zero-order valence-corrected chi connectivity index (χ0v) is 12.9. The number of rotatable bonds is 6. The minimum atomic E-state index is -0.413. The molecular formula is C16H18ClNO3. The monoisotopic (exact) mass is 307 g/mol. The fourth-order valence-corrected chi connectivity index (χ4v) is 2.10. The second-order valence-corrected chi connectivity index (χ2v) is 5.50. The summed E-state index contributed by atoms with van der Waals surface area (Å²) in [6.07, 6.45) is 0. The van der Waals surface area contributed by atoms with Crippen LogP contribution in [-0.2, 0) is 9.47 Å². The van der Waals surface area contributed by atoms with Crippen molar-refractivity contribution in [3.05, 3.63) is 41.0 Å². The number of pyridine rings is 1. The highest BCUT2D eigenvalue weighted by atomic mass is 35.5. The Kier molecular flexibility index (Phi) is 5.53. The summed E-state index contributed by atoms with van der Waals surface area (Å²) in [5.41, 5.74) is 1.10. The van der Waals surface area contributed by atoms with Crippen molar-refractivity contribution in [3.63, 3.8) is 0 Å². The molecule has 0 N–H and O–H groups in total. The highest BCUT2D eigenvalue weighted by molar-refractivity contribution is 6.30. The highest BCUT2D eigenvalue weighted by Gasteiger charge is 2.13. The van der Waals surface area contributed by atoms with Gasteiger partial charge in [-0.15, -0.1) is 0 Å². The molecule has 0 unspecified atom stereocenters. The number of fused-ring (bicyclic) bond motifs is 1. The number of para-hydroxylation sites is 1. The molecule has 1 heterocycles. The van der Waals surface area contributed by atoms with Crippen LogP contribution in [-0.4, -0.2) is 30.8 Å². The molecule has 21 heavy (non-hydrogen) atoms. The van der Waals surface area contributed by atoms with Gasteiger partial charge < -0.3 is 9.47 Å². The van der Waals surface area contributed by atoms with E-state index in [1.807, 2.05) is 24.3 Å². The number of nitrogens with zero attached hydrogens (tertiary/aromatic N) is 1. The lowest BCUT2D eigenvalue weighted by Crippen LogP contribution is -2.13. The molecular weight excluding hydrogens is 290 g/mol. The first kappa shape index (κ1) is 15.7. The molecule has 0 aliphatic heterocycles. The summed E-state index contributed by atoms with van der Waals surface area (Å²) in [5.74, 6) is 0.0484. The number of hydrogen-bond acceptors (Lipinski definition) is 4. The van der Waals surface area contributed by atoms with Gasteiger partial charge >= 0.3 is 5.97 Å². The Balaban J connectivity index is 2.02. The molecule has 0 atom stereocenters. The van der Waals surface area contributed by atoms with E-state index >= 15 is 0 Å². The predicted octanol–water partition coefficient (Wildman–Crippen LogP) is 3.72. The van der Waals surface area contributed by atoms with Gasteiger partial charge in [-0.1, -0.05) is 43.6 Å². The van der Waals surface area contributed by atoms with Crippen molar-refractivity contribution in [3.8, 4) is 0 Å². The van der Waals surface area contributed by atoms with Gasteiger partial charge in [0.25, 0.3) is 0 Å². The van der Waals surface area contributed by atoms with Crippen molar-refractivity contribution in [1.29, 1.82) is 0 Å². The van der Waals surface area contributed by atoms with Gasteiger partial charge in [-0.05, 0) is 18.1 Å². The largest absolute Gasteiger partial charge is 0.460 e. The lowest BCUT2D eigenvalue weighted by molar-refractivity contribution is 0.0279. The van der Waals surface area contributed by atoms with Gasteiger partial charge in [0.1, 0.15) is 11.8 Å². The average Bonchev–Trinajstić information content (AvgIpc) is 2.45. The fourth-order valence-electron chi connectivity index (χ4n) is 1.90. The molecule has 0 bridgehead atoms. The number of hydrogen-bond donors (Lipinski definition) is 0. The Bertz CT molecular complexity index is 628. The van der Waals surface area contributed by atoms with Gasteiger partial charge in [-0.25, -0.2) is 9.78 Å². The number of ether oxygens (including phenoxy) is 2. The number of carbonyl (C=O) groups excluding carboxylic acids is 1. The maximum absolute atomic E-state index is 12.1. The van der Waals surface area contributed by atoms with Crippen LogP contribution in [0.1, 0.15) is 24.2 Å². The molecule has 0 fully saturated rings. The fraction of sp³-hybridized carbons (Fsp3) is 0.375. The highest BCUT2D eigenvalue weighted by Crippen LogP contribution is 2.21. The third-order valence-corrected chi connectivity index (χ3v) is 3.01. The quantitative estimate of drug-likeness (QED) is 0.463. The van der Waals surface area contributed by atoms with Gasteiger partial charge in [0, 0.05) is 12.0 Å². The van der Waals surface area contributed by atoms with Crippen molar-refractivity contribution in [2.45, 2.75) is 13.8 Å². The Morgan fingerprint density at radius 3 is 2.81 bits per heavy atom. The number of aromatic nitrogens is 1. The smallest absolute Gasteiger partial charge is 0.339 e. The molecule has 5 heteroatoms.